The molecule has 7 N–H and O–H groups in total. The molecule has 0 radical (unpaired) electrons. The molecule has 4 amide bonds. The second kappa shape index (κ2) is 14.4. The molecule has 2 aromatic rings. The van der Waals surface area contributed by atoms with Gasteiger partial charge in [0.2, 0.25) is 11.8 Å². The van der Waals surface area contributed by atoms with Gasteiger partial charge in [-0.3, -0.25) is 19.0 Å². The van der Waals surface area contributed by atoms with Crippen LogP contribution in [0.25, 0.3) is 0 Å². The molecule has 0 bridgehead atoms. The number of alkyl halides is 3. The smallest absolute Gasteiger partial charge is 0.492 e. The molecule has 16 nitrogen and oxygen atoms in total. The molecule has 0 spiro atoms. The molecule has 0 fully saturated rings. The number of amides is 4. The van der Waals surface area contributed by atoms with Crippen LogP contribution in [-0.2, 0) is 29.5 Å². The maximum Gasteiger partial charge on any atom is 0.492 e. The number of fused-ring (bicyclic) bond motifs is 1. The second-order valence-electron chi connectivity index (χ2n) is 9.36. The number of aliphatic hydroxyl groups is 1. The number of hydrogen-bond donors (Lipinski definition) is 6. The summed E-state index contributed by atoms with van der Waals surface area (Å²) < 4.78 is 78.1. The van der Waals surface area contributed by atoms with Crippen molar-refractivity contribution in [2.24, 2.45) is 5.73 Å². The number of nitrogens with zero attached hydrogens (tertiary/aromatic N) is 2. The summed E-state index contributed by atoms with van der Waals surface area (Å²) in [6.45, 7) is -1.26. The number of primary amides is 1. The van der Waals surface area contributed by atoms with E-state index in [1.807, 2.05) is 5.48 Å². The summed E-state index contributed by atoms with van der Waals surface area (Å²) in [6.07, 6.45) is -5.78. The number of aliphatic hydroxyl groups excluding tert-OH is 1. The van der Waals surface area contributed by atoms with Crippen molar-refractivity contribution in [1.82, 2.24) is 16.1 Å². The van der Waals surface area contributed by atoms with Gasteiger partial charge in [0, 0.05) is 18.7 Å². The minimum atomic E-state index is -5.22. The summed E-state index contributed by atoms with van der Waals surface area (Å²) >= 11 is 0. The van der Waals surface area contributed by atoms with Crippen LogP contribution >= 0.6 is 0 Å². The van der Waals surface area contributed by atoms with Gasteiger partial charge >= 0.3 is 28.5 Å². The number of halogens is 3. The molecule has 0 saturated carbocycles. The van der Waals surface area contributed by atoms with Crippen molar-refractivity contribution in [3.63, 3.8) is 0 Å². The SMILES string of the molecule is COc1ccccc1N(c1ccc2c(c1)C(CC(=O)NC(CO)C(N)=O)NC(=O)N2CCCNOC(=O)C(F)(F)F)S(=O)(=O)O. The molecule has 45 heavy (non-hydrogen) atoms. The van der Waals surface area contributed by atoms with Gasteiger partial charge in [0.05, 0.1) is 37.6 Å². The minimum Gasteiger partial charge on any atom is -0.495 e. The van der Waals surface area contributed by atoms with Gasteiger partial charge in [0.15, 0.2) is 0 Å². The Kier molecular flexibility index (Phi) is 11.2. The number of methoxy groups -OCH3 is 1. The molecule has 3 rings (SSSR count). The summed E-state index contributed by atoms with van der Waals surface area (Å²) in [5.41, 5.74) is 7.08. The van der Waals surface area contributed by atoms with Gasteiger partial charge in [-0.2, -0.15) is 27.1 Å². The van der Waals surface area contributed by atoms with Crippen molar-refractivity contribution in [1.29, 1.82) is 0 Å². The van der Waals surface area contributed by atoms with Crippen molar-refractivity contribution in [2.45, 2.75) is 31.1 Å². The second-order valence-corrected chi connectivity index (χ2v) is 10.6. The lowest BCUT2D eigenvalue weighted by molar-refractivity contribution is -0.206. The van der Waals surface area contributed by atoms with E-state index in [-0.39, 0.29) is 47.9 Å². The van der Waals surface area contributed by atoms with Crippen LogP contribution in [0.3, 0.4) is 0 Å². The first-order chi connectivity index (χ1) is 21.1. The Morgan fingerprint density at radius 1 is 1.20 bits per heavy atom. The maximum atomic E-state index is 13.1. The van der Waals surface area contributed by atoms with Gasteiger partial charge < -0.3 is 31.0 Å². The number of ether oxygens (including phenoxy) is 1. The number of nitrogens with one attached hydrogen (secondary N) is 3. The summed E-state index contributed by atoms with van der Waals surface area (Å²) in [6, 6.07) is 6.33. The van der Waals surface area contributed by atoms with Crippen LogP contribution in [0.4, 0.5) is 35.0 Å². The predicted octanol–water partition coefficient (Wildman–Crippen LogP) is 0.560. The zero-order chi connectivity index (χ0) is 33.5. The standard InChI is InChI=1S/C25H29F3N6O10S/c1-43-20-6-3-2-5-19(20)34(45(40,41)42)14-7-8-18-15(11-14)16(12-21(36)31-17(13-35)22(29)37)32-24(39)33(18)10-4-9-30-44-23(38)25(26,27)28/h2-3,5-8,11,16-17,30,35H,4,9-10,12-13H2,1H3,(H2,29,37)(H,31,36)(H,32,39)(H,40,41,42). The van der Waals surface area contributed by atoms with E-state index >= 15 is 0 Å². The van der Waals surface area contributed by atoms with Crippen LogP contribution in [0, 0.1) is 0 Å². The number of rotatable bonds is 14. The van der Waals surface area contributed by atoms with Gasteiger partial charge in [-0.25, -0.2) is 13.9 Å². The zero-order valence-corrected chi connectivity index (χ0v) is 24.2. The molecular formula is C25H29F3N6O10S. The lowest BCUT2D eigenvalue weighted by Crippen LogP contribution is -2.50. The van der Waals surface area contributed by atoms with Crippen LogP contribution in [-0.4, -0.2) is 80.9 Å². The third kappa shape index (κ3) is 8.71. The summed E-state index contributed by atoms with van der Waals surface area (Å²) in [5.74, 6) is -4.24. The first kappa shape index (κ1) is 34.8. The van der Waals surface area contributed by atoms with Crippen LogP contribution in [0.5, 0.6) is 5.75 Å². The number of para-hydroxylation sites is 2. The predicted molar refractivity (Wildman–Crippen MR) is 149 cm³/mol. The molecule has 2 aromatic carbocycles. The minimum absolute atomic E-state index is 0.0416. The highest BCUT2D eigenvalue weighted by molar-refractivity contribution is 7.87. The van der Waals surface area contributed by atoms with E-state index in [1.54, 1.807) is 6.07 Å². The number of urea groups is 1. The highest BCUT2D eigenvalue weighted by Gasteiger charge is 2.41. The lowest BCUT2D eigenvalue weighted by atomic mass is 9.97. The van der Waals surface area contributed by atoms with Crippen molar-refractivity contribution in [3.8, 4) is 5.75 Å². The molecule has 20 heteroatoms. The lowest BCUT2D eigenvalue weighted by Gasteiger charge is -2.36. The maximum absolute atomic E-state index is 13.1. The van der Waals surface area contributed by atoms with Crippen molar-refractivity contribution in [3.05, 3.63) is 48.0 Å². The molecule has 1 heterocycles. The fourth-order valence-corrected chi connectivity index (χ4v) is 5.09. The Labute approximate surface area is 254 Å². The van der Waals surface area contributed by atoms with Gasteiger partial charge in [0.25, 0.3) is 0 Å². The molecule has 0 aromatic heterocycles. The first-order valence-corrected chi connectivity index (χ1v) is 14.3. The summed E-state index contributed by atoms with van der Waals surface area (Å²) in [7, 11) is -3.72. The number of carbonyl (C=O) groups excluding carboxylic acids is 4. The van der Waals surface area contributed by atoms with Gasteiger partial charge in [-0.05, 0) is 36.8 Å². The number of hydrogen-bond acceptors (Lipinski definition) is 10. The fraction of sp³-hybridized carbons (Fsp3) is 0.360. The quantitative estimate of drug-likeness (QED) is 0.0930. The van der Waals surface area contributed by atoms with Crippen LogP contribution in [0.2, 0.25) is 0 Å². The molecule has 1 aliphatic rings. The van der Waals surface area contributed by atoms with Crippen molar-refractivity contribution >= 4 is 51.2 Å². The topological polar surface area (TPSA) is 230 Å². The third-order valence-electron chi connectivity index (χ3n) is 6.30. The van der Waals surface area contributed by atoms with E-state index in [4.69, 9.17) is 10.5 Å². The molecule has 0 saturated heterocycles. The Bertz CT molecular complexity index is 1540. The first-order valence-electron chi connectivity index (χ1n) is 12.9. The van der Waals surface area contributed by atoms with E-state index in [1.165, 1.54) is 43.5 Å². The molecule has 246 valence electrons. The Morgan fingerprint density at radius 3 is 2.49 bits per heavy atom. The molecular weight excluding hydrogens is 633 g/mol. The van der Waals surface area contributed by atoms with Crippen LogP contribution in [0.15, 0.2) is 42.5 Å². The number of nitrogens with two attached hydrogens (primary N) is 1. The van der Waals surface area contributed by atoms with Crippen LogP contribution < -0.4 is 35.8 Å². The molecule has 1 aliphatic heterocycles. The Balaban J connectivity index is 1.98. The monoisotopic (exact) mass is 662 g/mol. The van der Waals surface area contributed by atoms with Crippen molar-refractivity contribution < 1.29 is 60.0 Å². The molecule has 2 unspecified atom stereocenters. The number of anilines is 3. The van der Waals surface area contributed by atoms with E-state index in [2.05, 4.69) is 15.5 Å². The van der Waals surface area contributed by atoms with E-state index in [0.29, 0.717) is 4.31 Å². The summed E-state index contributed by atoms with van der Waals surface area (Å²) in [5, 5.41) is 14.1. The zero-order valence-electron chi connectivity index (χ0n) is 23.4. The summed E-state index contributed by atoms with van der Waals surface area (Å²) in [4.78, 5) is 53.2. The molecule has 2 atom stereocenters. The average Bonchev–Trinajstić information content (AvgIpc) is 2.96. The number of hydroxylamine groups is 1. The molecule has 0 aliphatic carbocycles. The highest BCUT2D eigenvalue weighted by Crippen LogP contribution is 2.41. The number of carbonyl (C=O) groups is 4. The van der Waals surface area contributed by atoms with Crippen molar-refractivity contribution in [2.75, 3.05) is 36.0 Å². The average molecular weight is 663 g/mol. The van der Waals surface area contributed by atoms with E-state index in [0.717, 1.165) is 4.90 Å². The Hall–Kier alpha value is -4.66. The van der Waals surface area contributed by atoms with E-state index in [9.17, 15) is 50.4 Å². The van der Waals surface area contributed by atoms with Gasteiger partial charge in [-0.1, -0.05) is 12.1 Å². The largest absolute Gasteiger partial charge is 0.495 e. The Morgan fingerprint density at radius 2 is 1.89 bits per heavy atom. The van der Waals surface area contributed by atoms with Crippen LogP contribution in [0.1, 0.15) is 24.4 Å². The normalized spacial score (nSPS) is 15.4. The van der Waals surface area contributed by atoms with Gasteiger partial charge in [0.1, 0.15) is 17.5 Å². The fourth-order valence-electron chi connectivity index (χ4n) is 4.31. The number of benzene rings is 2. The highest BCUT2D eigenvalue weighted by atomic mass is 32.2. The third-order valence-corrected chi connectivity index (χ3v) is 7.17. The van der Waals surface area contributed by atoms with Gasteiger partial charge in [-0.15, -0.1) is 0 Å². The van der Waals surface area contributed by atoms with E-state index < -0.39 is 65.4 Å².